The number of halogens is 2. The highest BCUT2D eigenvalue weighted by Gasteiger charge is 2.29. The summed E-state index contributed by atoms with van der Waals surface area (Å²) in [5, 5.41) is 8.75. The number of carboxylic acid groups (broad SMARTS) is 1. The van der Waals surface area contributed by atoms with E-state index in [1.165, 1.54) is 18.2 Å². The quantitative estimate of drug-likeness (QED) is 0.575. The van der Waals surface area contributed by atoms with Crippen LogP contribution in [0.2, 0.25) is 5.02 Å². The lowest BCUT2D eigenvalue weighted by atomic mass is 10.1. The number of nitrogens with two attached hydrogens (primary N) is 1. The third kappa shape index (κ3) is 4.44. The number of nitrogen functional groups attached to an aromatic ring is 1. The van der Waals surface area contributed by atoms with Gasteiger partial charge < -0.3 is 20.3 Å². The van der Waals surface area contributed by atoms with Gasteiger partial charge in [-0.25, -0.2) is 14.0 Å². The lowest BCUT2D eigenvalue weighted by molar-refractivity contribution is -0.139. The normalized spacial score (nSPS) is 11.3. The third-order valence-corrected chi connectivity index (χ3v) is 4.66. The van der Waals surface area contributed by atoms with E-state index in [1.807, 2.05) is 0 Å². The first kappa shape index (κ1) is 20.0. The number of anilines is 1. The summed E-state index contributed by atoms with van der Waals surface area (Å²) >= 11 is 7.11. The number of hydrogen-bond donors (Lipinski definition) is 2. The van der Waals surface area contributed by atoms with Gasteiger partial charge in [-0.1, -0.05) is 23.7 Å². The van der Waals surface area contributed by atoms with Crippen molar-refractivity contribution >= 4 is 40.6 Å². The minimum absolute atomic E-state index is 0.0528. The van der Waals surface area contributed by atoms with Crippen molar-refractivity contribution in [2.45, 2.75) is 26.4 Å². The summed E-state index contributed by atoms with van der Waals surface area (Å²) in [6, 6.07) is 4.37. The van der Waals surface area contributed by atoms with E-state index < -0.39 is 30.0 Å². The first-order valence-electron chi connectivity index (χ1n) is 7.46. The Kier molecular flexibility index (Phi) is 5.77. The highest BCUT2D eigenvalue weighted by atomic mass is 35.5. The van der Waals surface area contributed by atoms with Crippen LogP contribution in [0, 0.1) is 5.82 Å². The molecule has 3 N–H and O–H groups in total. The summed E-state index contributed by atoms with van der Waals surface area (Å²) in [4.78, 5) is 23.4. The number of hydrogen-bond acceptors (Lipinski definition) is 6. The summed E-state index contributed by atoms with van der Waals surface area (Å²) < 4.78 is 24.8. The number of esters is 1. The number of carboxylic acids is 1. The second-order valence-corrected chi connectivity index (χ2v) is 7.70. The van der Waals surface area contributed by atoms with Gasteiger partial charge in [-0.15, -0.1) is 11.3 Å². The molecule has 26 heavy (non-hydrogen) atoms. The number of benzene rings is 1. The van der Waals surface area contributed by atoms with E-state index in [4.69, 9.17) is 31.9 Å². The molecule has 0 saturated carbocycles. The Morgan fingerprint density at radius 3 is 2.58 bits per heavy atom. The Morgan fingerprint density at radius 1 is 1.35 bits per heavy atom. The number of carbonyl (C=O) groups is 2. The van der Waals surface area contributed by atoms with Crippen molar-refractivity contribution in [2.24, 2.45) is 0 Å². The van der Waals surface area contributed by atoms with E-state index >= 15 is 0 Å². The average Bonchev–Trinajstić information content (AvgIpc) is 2.83. The first-order chi connectivity index (χ1) is 12.0. The molecule has 140 valence electrons. The molecule has 2 aromatic rings. The molecule has 0 unspecified atom stereocenters. The van der Waals surface area contributed by atoms with Crippen LogP contribution in [0.1, 0.15) is 30.4 Å². The molecular weight excluding hydrogens is 385 g/mol. The fraction of sp³-hybridized carbons (Fsp3) is 0.294. The van der Waals surface area contributed by atoms with Crippen LogP contribution in [0.5, 0.6) is 5.75 Å². The minimum atomic E-state index is -1.25. The lowest BCUT2D eigenvalue weighted by Crippen LogP contribution is -2.23. The Bertz CT molecular complexity index is 860. The zero-order valence-electron chi connectivity index (χ0n) is 14.3. The van der Waals surface area contributed by atoms with Gasteiger partial charge in [0.1, 0.15) is 10.6 Å². The van der Waals surface area contributed by atoms with E-state index in [9.17, 15) is 14.0 Å². The smallest absolute Gasteiger partial charge is 0.352 e. The van der Waals surface area contributed by atoms with Gasteiger partial charge in [0.15, 0.2) is 23.1 Å². The maximum Gasteiger partial charge on any atom is 0.352 e. The molecule has 0 fully saturated rings. The maximum atomic E-state index is 14.4. The van der Waals surface area contributed by atoms with Crippen molar-refractivity contribution in [2.75, 3.05) is 12.3 Å². The monoisotopic (exact) mass is 401 g/mol. The van der Waals surface area contributed by atoms with Crippen molar-refractivity contribution in [1.82, 2.24) is 0 Å². The number of rotatable bonds is 5. The number of aliphatic carboxylic acids is 1. The summed E-state index contributed by atoms with van der Waals surface area (Å²) in [6.07, 6.45) is 0. The zero-order valence-corrected chi connectivity index (χ0v) is 15.8. The van der Waals surface area contributed by atoms with E-state index in [0.717, 1.165) is 11.3 Å². The summed E-state index contributed by atoms with van der Waals surface area (Å²) in [5.41, 5.74) is 4.78. The van der Waals surface area contributed by atoms with Gasteiger partial charge >= 0.3 is 11.9 Å². The van der Waals surface area contributed by atoms with E-state index in [0.29, 0.717) is 0 Å². The molecule has 9 heteroatoms. The van der Waals surface area contributed by atoms with Crippen LogP contribution in [0.15, 0.2) is 18.2 Å². The highest BCUT2D eigenvalue weighted by Crippen LogP contribution is 2.47. The van der Waals surface area contributed by atoms with Crippen LogP contribution in [0.4, 0.5) is 10.1 Å². The molecule has 6 nitrogen and oxygen atoms in total. The summed E-state index contributed by atoms with van der Waals surface area (Å²) in [7, 11) is 0. The third-order valence-electron chi connectivity index (χ3n) is 3.01. The molecule has 0 saturated heterocycles. The molecule has 0 aliphatic carbocycles. The van der Waals surface area contributed by atoms with Crippen molar-refractivity contribution in [3.05, 3.63) is 33.9 Å². The van der Waals surface area contributed by atoms with Gasteiger partial charge in [0.2, 0.25) is 0 Å². The molecule has 0 aliphatic rings. The number of ether oxygens (including phenoxy) is 2. The number of thiophene rings is 1. The van der Waals surface area contributed by atoms with Gasteiger partial charge in [0.05, 0.1) is 10.6 Å². The highest BCUT2D eigenvalue weighted by molar-refractivity contribution is 7.18. The predicted molar refractivity (Wildman–Crippen MR) is 97.4 cm³/mol. The molecule has 1 heterocycles. The molecule has 0 spiro atoms. The minimum Gasteiger partial charge on any atom is -0.479 e. The Labute approximate surface area is 158 Å². The molecule has 0 radical (unpaired) electrons. The Hall–Kier alpha value is -2.32. The average molecular weight is 402 g/mol. The fourth-order valence-corrected chi connectivity index (χ4v) is 3.47. The van der Waals surface area contributed by atoms with Crippen LogP contribution >= 0.6 is 22.9 Å². The van der Waals surface area contributed by atoms with Crippen LogP contribution < -0.4 is 10.5 Å². The van der Waals surface area contributed by atoms with Gasteiger partial charge in [-0.3, -0.25) is 0 Å². The molecular formula is C17H17ClFNO5S. The van der Waals surface area contributed by atoms with Crippen molar-refractivity contribution in [3.63, 3.8) is 0 Å². The molecule has 0 bridgehead atoms. The largest absolute Gasteiger partial charge is 0.479 e. The SMILES string of the molecule is CC(C)(C)OC(=O)c1sc(-c2cccc(N)c2F)c(Cl)c1OCC(=O)O. The van der Waals surface area contributed by atoms with Crippen molar-refractivity contribution in [3.8, 4) is 16.2 Å². The molecule has 0 amide bonds. The second-order valence-electron chi connectivity index (χ2n) is 6.30. The lowest BCUT2D eigenvalue weighted by Gasteiger charge is -2.19. The molecule has 0 aliphatic heterocycles. The number of carbonyl (C=O) groups excluding carboxylic acids is 1. The first-order valence-corrected chi connectivity index (χ1v) is 8.65. The predicted octanol–water partition coefficient (Wildman–Crippen LogP) is 4.21. The van der Waals surface area contributed by atoms with Crippen LogP contribution in [-0.4, -0.2) is 29.3 Å². The van der Waals surface area contributed by atoms with Crippen LogP contribution in [0.25, 0.3) is 10.4 Å². The Morgan fingerprint density at radius 2 is 2.00 bits per heavy atom. The summed E-state index contributed by atoms with van der Waals surface area (Å²) in [6.45, 7) is 4.31. The maximum absolute atomic E-state index is 14.4. The topological polar surface area (TPSA) is 98.9 Å². The molecule has 1 aromatic heterocycles. The van der Waals surface area contributed by atoms with Gasteiger partial charge in [0, 0.05) is 5.56 Å². The van der Waals surface area contributed by atoms with E-state index in [-0.39, 0.29) is 31.8 Å². The zero-order chi connectivity index (χ0) is 19.6. The van der Waals surface area contributed by atoms with Gasteiger partial charge in [-0.2, -0.15) is 0 Å². The van der Waals surface area contributed by atoms with Crippen molar-refractivity contribution in [1.29, 1.82) is 0 Å². The van der Waals surface area contributed by atoms with Crippen molar-refractivity contribution < 1.29 is 28.6 Å². The van der Waals surface area contributed by atoms with Gasteiger partial charge in [0.25, 0.3) is 0 Å². The fourth-order valence-electron chi connectivity index (χ4n) is 2.02. The molecule has 0 atom stereocenters. The van der Waals surface area contributed by atoms with E-state index in [2.05, 4.69) is 0 Å². The van der Waals surface area contributed by atoms with E-state index in [1.54, 1.807) is 20.8 Å². The second kappa shape index (κ2) is 7.51. The molecule has 1 aromatic carbocycles. The van der Waals surface area contributed by atoms with Gasteiger partial charge in [-0.05, 0) is 26.8 Å². The van der Waals surface area contributed by atoms with Crippen LogP contribution in [-0.2, 0) is 9.53 Å². The Balaban J connectivity index is 2.57. The summed E-state index contributed by atoms with van der Waals surface area (Å²) in [5.74, 6) is -2.86. The van der Waals surface area contributed by atoms with Crippen LogP contribution in [0.3, 0.4) is 0 Å². The molecule has 2 rings (SSSR count). The standard InChI is InChI=1S/C17H17ClFNO5S/c1-17(2,3)25-16(23)15-13(24-7-10(21)22)11(18)14(26-15)8-5-4-6-9(20)12(8)19/h4-6H,7,20H2,1-3H3,(H,21,22).